The highest BCUT2D eigenvalue weighted by Gasteiger charge is 2.27. The van der Waals surface area contributed by atoms with Crippen molar-refractivity contribution in [3.8, 4) is 0 Å². The number of anilines is 1. The summed E-state index contributed by atoms with van der Waals surface area (Å²) in [5.74, 6) is 1.10. The standard InChI is InChI=1S/C18H19NOS/c1-14(21-13-15-7-3-2-4-8-15)18(20)19-12-11-16-9-5-6-10-17(16)19/h2-10,14H,11-13H2,1H3/t14-/m0/s1. The summed E-state index contributed by atoms with van der Waals surface area (Å²) in [4.78, 5) is 14.6. The highest BCUT2D eigenvalue weighted by atomic mass is 32.2. The molecular formula is C18H19NOS. The van der Waals surface area contributed by atoms with E-state index in [1.54, 1.807) is 11.8 Å². The van der Waals surface area contributed by atoms with E-state index in [2.05, 4.69) is 24.3 Å². The molecule has 0 saturated heterocycles. The zero-order valence-electron chi connectivity index (χ0n) is 12.2. The van der Waals surface area contributed by atoms with Gasteiger partial charge in [0, 0.05) is 18.0 Å². The summed E-state index contributed by atoms with van der Waals surface area (Å²) in [7, 11) is 0. The van der Waals surface area contributed by atoms with E-state index in [4.69, 9.17) is 0 Å². The quantitative estimate of drug-likeness (QED) is 0.853. The predicted molar refractivity (Wildman–Crippen MR) is 89.7 cm³/mol. The Labute approximate surface area is 130 Å². The fourth-order valence-electron chi connectivity index (χ4n) is 2.65. The van der Waals surface area contributed by atoms with Gasteiger partial charge in [-0.25, -0.2) is 0 Å². The number of nitrogens with zero attached hydrogens (tertiary/aromatic N) is 1. The van der Waals surface area contributed by atoms with Crippen molar-refractivity contribution in [3.63, 3.8) is 0 Å². The van der Waals surface area contributed by atoms with Crippen molar-refractivity contribution in [1.82, 2.24) is 0 Å². The largest absolute Gasteiger partial charge is 0.311 e. The minimum atomic E-state index is -0.0173. The van der Waals surface area contributed by atoms with Gasteiger partial charge in [0.05, 0.1) is 5.25 Å². The Morgan fingerprint density at radius 2 is 1.86 bits per heavy atom. The van der Waals surface area contributed by atoms with Crippen LogP contribution in [0.3, 0.4) is 0 Å². The normalized spacial score (nSPS) is 14.8. The summed E-state index contributed by atoms with van der Waals surface area (Å²) in [6.45, 7) is 2.82. The van der Waals surface area contributed by atoms with E-state index in [1.807, 2.05) is 42.2 Å². The maximum Gasteiger partial charge on any atom is 0.239 e. The molecule has 3 heteroatoms. The number of rotatable bonds is 4. The van der Waals surface area contributed by atoms with Gasteiger partial charge in [-0.05, 0) is 30.5 Å². The van der Waals surface area contributed by atoms with Gasteiger partial charge in [0.15, 0.2) is 0 Å². The number of carbonyl (C=O) groups excluding carboxylic acids is 1. The molecule has 2 nitrogen and oxygen atoms in total. The van der Waals surface area contributed by atoms with Crippen molar-refractivity contribution in [1.29, 1.82) is 0 Å². The fourth-order valence-corrected chi connectivity index (χ4v) is 3.56. The van der Waals surface area contributed by atoms with Crippen LogP contribution in [0.1, 0.15) is 18.1 Å². The third-order valence-electron chi connectivity index (χ3n) is 3.84. The van der Waals surface area contributed by atoms with E-state index < -0.39 is 0 Å². The van der Waals surface area contributed by atoms with Crippen molar-refractivity contribution >= 4 is 23.4 Å². The van der Waals surface area contributed by atoms with Crippen LogP contribution in [0.4, 0.5) is 5.69 Å². The molecule has 0 saturated carbocycles. The highest BCUT2D eigenvalue weighted by molar-refractivity contribution is 7.99. The Kier molecular flexibility index (Phi) is 4.30. The van der Waals surface area contributed by atoms with E-state index >= 15 is 0 Å². The molecule has 21 heavy (non-hydrogen) atoms. The van der Waals surface area contributed by atoms with E-state index in [1.165, 1.54) is 11.1 Å². The third-order valence-corrected chi connectivity index (χ3v) is 5.05. The fraction of sp³-hybridized carbons (Fsp3) is 0.278. The summed E-state index contributed by atoms with van der Waals surface area (Å²) in [6, 6.07) is 18.5. The molecule has 0 fully saturated rings. The maximum atomic E-state index is 12.6. The molecule has 0 bridgehead atoms. The monoisotopic (exact) mass is 297 g/mol. The van der Waals surface area contributed by atoms with Gasteiger partial charge in [-0.3, -0.25) is 4.79 Å². The van der Waals surface area contributed by atoms with Crippen LogP contribution in [0.5, 0.6) is 0 Å². The Bertz CT molecular complexity index is 626. The number of fused-ring (bicyclic) bond motifs is 1. The van der Waals surface area contributed by atoms with Crippen LogP contribution < -0.4 is 4.90 Å². The lowest BCUT2D eigenvalue weighted by atomic mass is 10.2. The predicted octanol–water partition coefficient (Wildman–Crippen LogP) is 3.90. The molecule has 1 heterocycles. The molecule has 1 aliphatic heterocycles. The molecule has 1 atom stereocenters. The zero-order valence-corrected chi connectivity index (χ0v) is 13.0. The van der Waals surface area contributed by atoms with Crippen LogP contribution in [0.25, 0.3) is 0 Å². The average molecular weight is 297 g/mol. The molecule has 1 amide bonds. The Morgan fingerprint density at radius 1 is 1.14 bits per heavy atom. The van der Waals surface area contributed by atoms with Crippen LogP contribution >= 0.6 is 11.8 Å². The minimum Gasteiger partial charge on any atom is -0.311 e. The van der Waals surface area contributed by atoms with E-state index in [0.29, 0.717) is 0 Å². The Morgan fingerprint density at radius 3 is 2.67 bits per heavy atom. The van der Waals surface area contributed by atoms with Crippen molar-refractivity contribution < 1.29 is 4.79 Å². The van der Waals surface area contributed by atoms with Crippen LogP contribution in [0.2, 0.25) is 0 Å². The van der Waals surface area contributed by atoms with Crippen molar-refractivity contribution in [2.75, 3.05) is 11.4 Å². The van der Waals surface area contributed by atoms with E-state index in [9.17, 15) is 4.79 Å². The number of carbonyl (C=O) groups is 1. The number of hydrogen-bond acceptors (Lipinski definition) is 2. The molecule has 0 spiro atoms. The van der Waals surface area contributed by atoms with E-state index in [0.717, 1.165) is 24.4 Å². The maximum absolute atomic E-state index is 12.6. The van der Waals surface area contributed by atoms with Gasteiger partial charge < -0.3 is 4.90 Å². The second-order valence-corrected chi connectivity index (χ2v) is 6.64. The summed E-state index contributed by atoms with van der Waals surface area (Å²) < 4.78 is 0. The highest BCUT2D eigenvalue weighted by Crippen LogP contribution is 2.30. The second kappa shape index (κ2) is 6.35. The Balaban J connectivity index is 1.63. The van der Waals surface area contributed by atoms with Crippen molar-refractivity contribution in [2.24, 2.45) is 0 Å². The summed E-state index contributed by atoms with van der Waals surface area (Å²) >= 11 is 1.71. The molecule has 0 aromatic heterocycles. The van der Waals surface area contributed by atoms with Gasteiger partial charge in [0.25, 0.3) is 0 Å². The molecule has 0 radical (unpaired) electrons. The molecular weight excluding hydrogens is 278 g/mol. The molecule has 1 aliphatic rings. The van der Waals surface area contributed by atoms with Crippen LogP contribution in [0, 0.1) is 0 Å². The SMILES string of the molecule is C[C@H](SCc1ccccc1)C(=O)N1CCc2ccccc21. The van der Waals surface area contributed by atoms with Gasteiger partial charge in [-0.1, -0.05) is 48.5 Å². The smallest absolute Gasteiger partial charge is 0.239 e. The summed E-state index contributed by atoms with van der Waals surface area (Å²) in [6.07, 6.45) is 0.970. The van der Waals surface area contributed by atoms with Crippen LogP contribution in [-0.4, -0.2) is 17.7 Å². The number of thioether (sulfide) groups is 1. The van der Waals surface area contributed by atoms with Gasteiger partial charge in [-0.2, -0.15) is 0 Å². The van der Waals surface area contributed by atoms with Gasteiger partial charge in [0.2, 0.25) is 5.91 Å². The van der Waals surface area contributed by atoms with Crippen LogP contribution in [0.15, 0.2) is 54.6 Å². The lowest BCUT2D eigenvalue weighted by Crippen LogP contribution is -2.35. The van der Waals surface area contributed by atoms with Gasteiger partial charge in [-0.15, -0.1) is 11.8 Å². The first-order valence-corrected chi connectivity index (χ1v) is 8.35. The molecule has 0 N–H and O–H groups in total. The topological polar surface area (TPSA) is 20.3 Å². The number of benzene rings is 2. The van der Waals surface area contributed by atoms with Crippen molar-refractivity contribution in [3.05, 3.63) is 65.7 Å². The first kappa shape index (κ1) is 14.2. The second-order valence-electron chi connectivity index (χ2n) is 5.31. The van der Waals surface area contributed by atoms with Crippen molar-refractivity contribution in [2.45, 2.75) is 24.3 Å². The molecule has 0 unspecified atom stereocenters. The number of hydrogen-bond donors (Lipinski definition) is 0. The molecule has 2 aromatic rings. The van der Waals surface area contributed by atoms with Crippen LogP contribution in [-0.2, 0) is 17.0 Å². The lowest BCUT2D eigenvalue weighted by molar-refractivity contribution is -0.117. The van der Waals surface area contributed by atoms with E-state index in [-0.39, 0.29) is 11.2 Å². The first-order chi connectivity index (χ1) is 10.3. The van der Waals surface area contributed by atoms with Gasteiger partial charge >= 0.3 is 0 Å². The number of para-hydroxylation sites is 1. The Hall–Kier alpha value is -1.74. The molecule has 108 valence electrons. The molecule has 2 aromatic carbocycles. The first-order valence-electron chi connectivity index (χ1n) is 7.30. The zero-order chi connectivity index (χ0) is 14.7. The molecule has 0 aliphatic carbocycles. The summed E-state index contributed by atoms with van der Waals surface area (Å²) in [5, 5.41) is -0.0173. The van der Waals surface area contributed by atoms with Gasteiger partial charge in [0.1, 0.15) is 0 Å². The summed E-state index contributed by atoms with van der Waals surface area (Å²) in [5.41, 5.74) is 3.64. The number of amides is 1. The molecule has 3 rings (SSSR count). The lowest BCUT2D eigenvalue weighted by Gasteiger charge is -2.21. The average Bonchev–Trinajstić information content (AvgIpc) is 2.97. The third kappa shape index (κ3) is 3.13. The minimum absolute atomic E-state index is 0.0173.